The van der Waals surface area contributed by atoms with Crippen LogP contribution in [0.15, 0.2) is 36.5 Å². The Balaban J connectivity index is 2.61. The van der Waals surface area contributed by atoms with Gasteiger partial charge in [-0.25, -0.2) is 9.36 Å². The zero-order valence-electron chi connectivity index (χ0n) is 10.6. The van der Waals surface area contributed by atoms with Gasteiger partial charge in [-0.2, -0.15) is 0 Å². The second-order valence-electron chi connectivity index (χ2n) is 4.08. The molecule has 5 nitrogen and oxygen atoms in total. The van der Waals surface area contributed by atoms with Crippen molar-refractivity contribution in [2.45, 2.75) is 0 Å². The highest BCUT2D eigenvalue weighted by molar-refractivity contribution is 5.91. The van der Waals surface area contributed by atoms with E-state index >= 15 is 0 Å². The van der Waals surface area contributed by atoms with Crippen LogP contribution in [0.1, 0.15) is 10.4 Å². The van der Waals surface area contributed by atoms with Crippen LogP contribution < -0.4 is 14.4 Å². The van der Waals surface area contributed by atoms with Gasteiger partial charge in [0.2, 0.25) is 5.69 Å². The average molecular weight is 259 g/mol. The van der Waals surface area contributed by atoms with Gasteiger partial charge in [-0.3, -0.25) is 0 Å². The predicted molar refractivity (Wildman–Crippen MR) is 66.0 cm³/mol. The lowest BCUT2D eigenvalue weighted by Gasteiger charge is -2.10. The lowest BCUT2D eigenvalue weighted by molar-refractivity contribution is -0.663. The third-order valence-corrected chi connectivity index (χ3v) is 2.83. The van der Waals surface area contributed by atoms with Gasteiger partial charge in [0.1, 0.15) is 12.8 Å². The molecule has 0 amide bonds. The maximum Gasteiger partial charge on any atom is 0.335 e. The van der Waals surface area contributed by atoms with Crippen LogP contribution in [0.4, 0.5) is 0 Å². The van der Waals surface area contributed by atoms with Crippen molar-refractivity contribution < 1.29 is 24.3 Å². The zero-order chi connectivity index (χ0) is 14.0. The van der Waals surface area contributed by atoms with Crippen LogP contribution in [-0.4, -0.2) is 18.2 Å². The maximum absolute atomic E-state index is 11.6. The third kappa shape index (κ3) is 2.49. The highest BCUT2D eigenvalue weighted by Gasteiger charge is 2.16. The van der Waals surface area contributed by atoms with Gasteiger partial charge < -0.3 is 14.9 Å². The molecule has 0 aliphatic rings. The van der Waals surface area contributed by atoms with Crippen molar-refractivity contribution in [3.63, 3.8) is 0 Å². The Kier molecular flexibility index (Phi) is 3.37. The fraction of sp³-hybridized carbons (Fsp3) is 0.143. The SMILES string of the molecule is COc1cccc(-c2cc(C(=O)O)c([O-])c[n+]2C)c1. The first-order chi connectivity index (χ1) is 9.02. The summed E-state index contributed by atoms with van der Waals surface area (Å²) in [4.78, 5) is 11.0. The molecule has 1 aromatic carbocycles. The largest absolute Gasteiger partial charge is 0.868 e. The number of carboxylic acids is 1. The van der Waals surface area contributed by atoms with Gasteiger partial charge in [-0.1, -0.05) is 6.07 Å². The van der Waals surface area contributed by atoms with E-state index in [-0.39, 0.29) is 5.56 Å². The van der Waals surface area contributed by atoms with Crippen LogP contribution in [-0.2, 0) is 7.05 Å². The van der Waals surface area contributed by atoms with Crippen molar-refractivity contribution in [2.75, 3.05) is 7.11 Å². The van der Waals surface area contributed by atoms with E-state index in [0.29, 0.717) is 11.4 Å². The second kappa shape index (κ2) is 4.97. The summed E-state index contributed by atoms with van der Waals surface area (Å²) in [7, 11) is 3.25. The van der Waals surface area contributed by atoms with Gasteiger partial charge in [0.15, 0.2) is 6.20 Å². The van der Waals surface area contributed by atoms with Crippen molar-refractivity contribution in [3.05, 3.63) is 42.1 Å². The molecule has 0 atom stereocenters. The number of nitrogens with zero attached hydrogens (tertiary/aromatic N) is 1. The summed E-state index contributed by atoms with van der Waals surface area (Å²) in [5, 5.41) is 20.6. The molecule has 5 heteroatoms. The van der Waals surface area contributed by atoms with E-state index in [1.54, 1.807) is 36.9 Å². The summed E-state index contributed by atoms with van der Waals surface area (Å²) in [6.45, 7) is 0. The summed E-state index contributed by atoms with van der Waals surface area (Å²) in [6, 6.07) is 8.59. The first-order valence-electron chi connectivity index (χ1n) is 5.61. The van der Waals surface area contributed by atoms with E-state index in [9.17, 15) is 9.90 Å². The van der Waals surface area contributed by atoms with Gasteiger partial charge in [0.25, 0.3) is 0 Å². The summed E-state index contributed by atoms with van der Waals surface area (Å²) in [6.07, 6.45) is 1.26. The maximum atomic E-state index is 11.6. The number of methoxy groups -OCH3 is 1. The number of ether oxygens (including phenoxy) is 1. The molecule has 98 valence electrons. The molecule has 2 aromatic rings. The number of pyridine rings is 1. The molecule has 0 saturated carbocycles. The minimum atomic E-state index is -1.23. The summed E-state index contributed by atoms with van der Waals surface area (Å²) >= 11 is 0. The first kappa shape index (κ1) is 12.9. The molecule has 1 N–H and O–H groups in total. The highest BCUT2D eigenvalue weighted by Crippen LogP contribution is 2.23. The second-order valence-corrected chi connectivity index (χ2v) is 4.08. The van der Waals surface area contributed by atoms with E-state index in [4.69, 9.17) is 9.84 Å². The van der Waals surface area contributed by atoms with Crippen LogP contribution >= 0.6 is 0 Å². The summed E-state index contributed by atoms with van der Waals surface area (Å²) in [5.74, 6) is -1.07. The van der Waals surface area contributed by atoms with E-state index in [1.807, 2.05) is 6.07 Å². The minimum Gasteiger partial charge on any atom is -0.868 e. The van der Waals surface area contributed by atoms with E-state index in [0.717, 1.165) is 5.56 Å². The van der Waals surface area contributed by atoms with E-state index < -0.39 is 11.7 Å². The molecule has 0 saturated heterocycles. The molecule has 19 heavy (non-hydrogen) atoms. The molecule has 1 heterocycles. The highest BCUT2D eigenvalue weighted by atomic mass is 16.5. The number of aryl methyl sites for hydroxylation is 1. The van der Waals surface area contributed by atoms with Gasteiger partial charge in [0, 0.05) is 11.6 Å². The quantitative estimate of drug-likeness (QED) is 0.833. The Morgan fingerprint density at radius 3 is 2.74 bits per heavy atom. The molecular formula is C14H13NO4. The Morgan fingerprint density at radius 2 is 2.11 bits per heavy atom. The lowest BCUT2D eigenvalue weighted by atomic mass is 10.1. The molecule has 0 aliphatic heterocycles. The molecule has 0 aliphatic carbocycles. The smallest absolute Gasteiger partial charge is 0.335 e. The van der Waals surface area contributed by atoms with Crippen LogP contribution in [0.2, 0.25) is 0 Å². The third-order valence-electron chi connectivity index (χ3n) is 2.83. The Morgan fingerprint density at radius 1 is 1.37 bits per heavy atom. The Hall–Kier alpha value is -2.56. The molecular weight excluding hydrogens is 246 g/mol. The standard InChI is InChI=1S/C14H13NO4/c1-15-8-13(16)11(14(17)18)7-12(15)9-4-3-5-10(6-9)19-2/h3-8H,1-2H3,(H-,16,17,18). The molecule has 0 bridgehead atoms. The van der Waals surface area contributed by atoms with Gasteiger partial charge in [0.05, 0.1) is 12.7 Å². The molecule has 1 aromatic heterocycles. The van der Waals surface area contributed by atoms with Crippen molar-refractivity contribution in [1.29, 1.82) is 0 Å². The first-order valence-corrected chi connectivity index (χ1v) is 5.61. The molecule has 0 fully saturated rings. The van der Waals surface area contributed by atoms with E-state index in [1.165, 1.54) is 12.3 Å². The Bertz CT molecular complexity index is 637. The molecule has 0 radical (unpaired) electrons. The number of hydrogen-bond acceptors (Lipinski definition) is 3. The fourth-order valence-electron chi connectivity index (χ4n) is 1.86. The number of carbonyl (C=O) groups is 1. The van der Waals surface area contributed by atoms with Crippen molar-refractivity contribution in [2.24, 2.45) is 7.05 Å². The van der Waals surface area contributed by atoms with Crippen LogP contribution in [0, 0.1) is 0 Å². The number of rotatable bonds is 3. The summed E-state index contributed by atoms with van der Waals surface area (Å²) in [5.41, 5.74) is 1.18. The minimum absolute atomic E-state index is 0.240. The molecule has 0 spiro atoms. The number of hydrogen-bond donors (Lipinski definition) is 1. The van der Waals surface area contributed by atoms with Gasteiger partial charge >= 0.3 is 5.97 Å². The number of benzene rings is 1. The normalized spacial score (nSPS) is 10.2. The topological polar surface area (TPSA) is 73.5 Å². The zero-order valence-corrected chi connectivity index (χ0v) is 10.6. The monoisotopic (exact) mass is 259 g/mol. The number of carboxylic acid groups (broad SMARTS) is 1. The average Bonchev–Trinajstić information content (AvgIpc) is 2.38. The fourth-order valence-corrected chi connectivity index (χ4v) is 1.86. The Labute approximate surface area is 110 Å². The van der Waals surface area contributed by atoms with Crippen molar-refractivity contribution >= 4 is 5.97 Å². The molecule has 2 rings (SSSR count). The van der Waals surface area contributed by atoms with Crippen LogP contribution in [0.3, 0.4) is 0 Å². The van der Waals surface area contributed by atoms with Crippen molar-refractivity contribution in [1.82, 2.24) is 0 Å². The lowest BCUT2D eigenvalue weighted by Crippen LogP contribution is -2.32. The van der Waals surface area contributed by atoms with Crippen LogP contribution in [0.5, 0.6) is 11.5 Å². The summed E-state index contributed by atoms with van der Waals surface area (Å²) < 4.78 is 6.73. The predicted octanol–water partition coefficient (Wildman–Crippen LogP) is 0.958. The van der Waals surface area contributed by atoms with Gasteiger partial charge in [-0.05, 0) is 23.9 Å². The van der Waals surface area contributed by atoms with E-state index in [2.05, 4.69) is 0 Å². The number of aromatic carboxylic acids is 1. The number of aromatic nitrogens is 1. The molecule has 0 unspecified atom stereocenters. The van der Waals surface area contributed by atoms with Crippen molar-refractivity contribution in [3.8, 4) is 22.8 Å². The van der Waals surface area contributed by atoms with Gasteiger partial charge in [-0.15, -0.1) is 0 Å². The van der Waals surface area contributed by atoms with Crippen LogP contribution in [0.25, 0.3) is 11.3 Å².